The molecule has 0 radical (unpaired) electrons. The highest BCUT2D eigenvalue weighted by Crippen LogP contribution is 2.29. The summed E-state index contributed by atoms with van der Waals surface area (Å²) in [6.45, 7) is -0.151. The van der Waals surface area contributed by atoms with Gasteiger partial charge in [-0.3, -0.25) is 0 Å². The van der Waals surface area contributed by atoms with Crippen LogP contribution in [0.4, 0.5) is 8.78 Å². The van der Waals surface area contributed by atoms with Crippen LogP contribution < -0.4 is 10.1 Å². The van der Waals surface area contributed by atoms with E-state index in [9.17, 15) is 8.78 Å². The molecule has 24 heavy (non-hydrogen) atoms. The topological polar surface area (TPSA) is 37.0 Å². The van der Waals surface area contributed by atoms with Gasteiger partial charge >= 0.3 is 6.61 Å². The summed E-state index contributed by atoms with van der Waals surface area (Å²) >= 11 is 0. The molecule has 2 N–H and O–H groups in total. The maximum atomic E-state index is 12.6. The number of halogens is 2. The van der Waals surface area contributed by atoms with Crippen molar-refractivity contribution in [3.05, 3.63) is 65.9 Å². The Kier molecular flexibility index (Phi) is 5.11. The Morgan fingerprint density at radius 3 is 2.71 bits per heavy atom. The van der Waals surface area contributed by atoms with E-state index in [2.05, 4.69) is 21.1 Å². The summed E-state index contributed by atoms with van der Waals surface area (Å²) in [5.41, 5.74) is 3.00. The van der Waals surface area contributed by atoms with Gasteiger partial charge in [-0.2, -0.15) is 8.78 Å². The first-order valence-electron chi connectivity index (χ1n) is 8.01. The van der Waals surface area contributed by atoms with Gasteiger partial charge in [0, 0.05) is 35.2 Å². The molecular formula is C19H20F2N2O. The van der Waals surface area contributed by atoms with Crippen molar-refractivity contribution in [3.63, 3.8) is 0 Å². The Hall–Kier alpha value is -2.40. The van der Waals surface area contributed by atoms with E-state index in [4.69, 9.17) is 0 Å². The first-order chi connectivity index (χ1) is 11.7. The quantitative estimate of drug-likeness (QED) is 0.639. The summed E-state index contributed by atoms with van der Waals surface area (Å²) in [5.74, 6) is 0.228. The van der Waals surface area contributed by atoms with Crippen molar-refractivity contribution in [2.24, 2.45) is 0 Å². The molecule has 0 aliphatic carbocycles. The standard InChI is InChI=1S/C19H20F2N2O/c1-2-16(15-7-3-4-9-18(15)24-19(20)21)23-12-13-6-5-8-17-14(13)10-11-22-17/h3-11,16,19,22-23H,2,12H2,1H3. The van der Waals surface area contributed by atoms with Gasteiger partial charge in [-0.1, -0.05) is 37.3 Å². The van der Waals surface area contributed by atoms with Gasteiger partial charge in [-0.25, -0.2) is 0 Å². The Bertz CT molecular complexity index is 801. The lowest BCUT2D eigenvalue weighted by Crippen LogP contribution is -2.21. The monoisotopic (exact) mass is 330 g/mol. The molecule has 1 unspecified atom stereocenters. The summed E-state index contributed by atoms with van der Waals surface area (Å²) in [6.07, 6.45) is 2.68. The minimum Gasteiger partial charge on any atom is -0.434 e. The molecule has 2 aromatic carbocycles. The zero-order valence-electron chi connectivity index (χ0n) is 13.4. The molecule has 0 aliphatic rings. The number of para-hydroxylation sites is 1. The molecule has 126 valence electrons. The number of alkyl halides is 2. The van der Waals surface area contributed by atoms with Crippen LogP contribution in [-0.2, 0) is 6.54 Å². The number of benzene rings is 2. The van der Waals surface area contributed by atoms with Crippen LogP contribution in [0.5, 0.6) is 5.75 Å². The fraction of sp³-hybridized carbons (Fsp3) is 0.263. The molecule has 1 aromatic heterocycles. The third-order valence-corrected chi connectivity index (χ3v) is 4.14. The number of aromatic amines is 1. The lowest BCUT2D eigenvalue weighted by atomic mass is 10.0. The van der Waals surface area contributed by atoms with Crippen LogP contribution in [0.2, 0.25) is 0 Å². The number of H-pyrrole nitrogens is 1. The van der Waals surface area contributed by atoms with Crippen LogP contribution in [-0.4, -0.2) is 11.6 Å². The lowest BCUT2D eigenvalue weighted by molar-refractivity contribution is -0.0507. The van der Waals surface area contributed by atoms with E-state index in [1.807, 2.05) is 43.5 Å². The molecule has 0 spiro atoms. The van der Waals surface area contributed by atoms with E-state index >= 15 is 0 Å². The Morgan fingerprint density at radius 2 is 1.92 bits per heavy atom. The molecule has 3 rings (SSSR count). The third kappa shape index (κ3) is 3.57. The highest BCUT2D eigenvalue weighted by molar-refractivity contribution is 5.82. The second-order valence-corrected chi connectivity index (χ2v) is 5.61. The minimum atomic E-state index is -2.82. The first kappa shape index (κ1) is 16.5. The van der Waals surface area contributed by atoms with Gasteiger partial charge in [0.05, 0.1) is 0 Å². The summed E-state index contributed by atoms with van der Waals surface area (Å²) in [7, 11) is 0. The molecule has 0 bridgehead atoms. The zero-order valence-corrected chi connectivity index (χ0v) is 13.4. The summed E-state index contributed by atoms with van der Waals surface area (Å²) in [6, 6.07) is 15.0. The largest absolute Gasteiger partial charge is 0.434 e. The molecule has 1 atom stereocenters. The average Bonchev–Trinajstić information content (AvgIpc) is 3.05. The molecule has 0 saturated carbocycles. The number of ether oxygens (including phenoxy) is 1. The normalized spacial score (nSPS) is 12.7. The van der Waals surface area contributed by atoms with Crippen LogP contribution in [0, 0.1) is 0 Å². The van der Waals surface area contributed by atoms with Crippen LogP contribution in [0.1, 0.15) is 30.5 Å². The highest BCUT2D eigenvalue weighted by Gasteiger charge is 2.16. The van der Waals surface area contributed by atoms with Crippen LogP contribution in [0.3, 0.4) is 0 Å². The van der Waals surface area contributed by atoms with Crippen molar-refractivity contribution in [3.8, 4) is 5.75 Å². The lowest BCUT2D eigenvalue weighted by Gasteiger charge is -2.21. The molecule has 5 heteroatoms. The molecule has 3 aromatic rings. The van der Waals surface area contributed by atoms with Crippen molar-refractivity contribution in [2.45, 2.75) is 32.5 Å². The number of hydrogen-bond donors (Lipinski definition) is 2. The molecule has 0 saturated heterocycles. The van der Waals surface area contributed by atoms with Gasteiger partial charge in [-0.15, -0.1) is 0 Å². The van der Waals surface area contributed by atoms with Crippen molar-refractivity contribution in [1.82, 2.24) is 10.3 Å². The first-order valence-corrected chi connectivity index (χ1v) is 8.01. The van der Waals surface area contributed by atoms with Gasteiger partial charge < -0.3 is 15.0 Å². The Labute approximate surface area is 139 Å². The zero-order chi connectivity index (χ0) is 16.9. The molecule has 3 nitrogen and oxygen atoms in total. The van der Waals surface area contributed by atoms with Crippen molar-refractivity contribution < 1.29 is 13.5 Å². The third-order valence-electron chi connectivity index (χ3n) is 4.14. The van der Waals surface area contributed by atoms with E-state index in [1.54, 1.807) is 12.1 Å². The summed E-state index contributed by atoms with van der Waals surface area (Å²) < 4.78 is 29.9. The predicted molar refractivity (Wildman–Crippen MR) is 91.2 cm³/mol. The number of nitrogens with one attached hydrogen (secondary N) is 2. The molecular weight excluding hydrogens is 310 g/mol. The number of aromatic nitrogens is 1. The highest BCUT2D eigenvalue weighted by atomic mass is 19.3. The second kappa shape index (κ2) is 7.45. The van der Waals surface area contributed by atoms with Gasteiger partial charge in [0.2, 0.25) is 0 Å². The fourth-order valence-electron chi connectivity index (χ4n) is 2.98. The molecule has 0 aliphatic heterocycles. The molecule has 0 fully saturated rings. The van der Waals surface area contributed by atoms with Gasteiger partial charge in [0.25, 0.3) is 0 Å². The average molecular weight is 330 g/mol. The van der Waals surface area contributed by atoms with Crippen LogP contribution in [0.15, 0.2) is 54.7 Å². The maximum absolute atomic E-state index is 12.6. The van der Waals surface area contributed by atoms with E-state index in [0.29, 0.717) is 6.54 Å². The summed E-state index contributed by atoms with van der Waals surface area (Å²) in [5, 5.41) is 4.62. The Morgan fingerprint density at radius 1 is 1.08 bits per heavy atom. The predicted octanol–water partition coefficient (Wildman–Crippen LogP) is 5.01. The van der Waals surface area contributed by atoms with Crippen molar-refractivity contribution >= 4 is 10.9 Å². The van der Waals surface area contributed by atoms with Crippen molar-refractivity contribution in [1.29, 1.82) is 0 Å². The van der Waals surface area contributed by atoms with E-state index in [0.717, 1.165) is 22.9 Å². The van der Waals surface area contributed by atoms with E-state index < -0.39 is 6.61 Å². The number of hydrogen-bond acceptors (Lipinski definition) is 2. The van der Waals surface area contributed by atoms with Crippen molar-refractivity contribution in [2.75, 3.05) is 0 Å². The SMILES string of the molecule is CCC(NCc1cccc2[nH]ccc12)c1ccccc1OC(F)F. The molecule has 1 heterocycles. The number of rotatable bonds is 7. The second-order valence-electron chi connectivity index (χ2n) is 5.61. The maximum Gasteiger partial charge on any atom is 0.387 e. The molecule has 0 amide bonds. The van der Waals surface area contributed by atoms with E-state index in [1.165, 1.54) is 5.56 Å². The van der Waals surface area contributed by atoms with Gasteiger partial charge in [0.15, 0.2) is 0 Å². The van der Waals surface area contributed by atoms with Crippen LogP contribution in [0.25, 0.3) is 10.9 Å². The van der Waals surface area contributed by atoms with E-state index in [-0.39, 0.29) is 11.8 Å². The Balaban J connectivity index is 1.79. The van der Waals surface area contributed by atoms with Gasteiger partial charge in [0.1, 0.15) is 5.75 Å². The smallest absolute Gasteiger partial charge is 0.387 e. The number of fused-ring (bicyclic) bond motifs is 1. The van der Waals surface area contributed by atoms with Gasteiger partial charge in [-0.05, 0) is 30.2 Å². The van der Waals surface area contributed by atoms with Crippen LogP contribution >= 0.6 is 0 Å². The fourth-order valence-corrected chi connectivity index (χ4v) is 2.98. The minimum absolute atomic E-state index is 0.0610. The summed E-state index contributed by atoms with van der Waals surface area (Å²) in [4.78, 5) is 3.19.